The monoisotopic (exact) mass is 387 g/mol. The first-order valence-electron chi connectivity index (χ1n) is 7.77. The third kappa shape index (κ3) is 3.48. The molecule has 2 aromatic rings. The molecule has 2 amide bonds. The van der Waals surface area contributed by atoms with Crippen molar-refractivity contribution in [1.82, 2.24) is 10.3 Å². The van der Waals surface area contributed by atoms with Crippen LogP contribution in [0.4, 0.5) is 5.69 Å². The fraction of sp³-hybridized carbons (Fsp3) is 0.278. The molecule has 0 spiro atoms. The lowest BCUT2D eigenvalue weighted by Gasteiger charge is -2.15. The number of hydrogen-bond donors (Lipinski definition) is 2. The summed E-state index contributed by atoms with van der Waals surface area (Å²) in [7, 11) is 0. The third-order valence-electron chi connectivity index (χ3n) is 4.21. The number of rotatable bonds is 5. The Kier molecular flexibility index (Phi) is 4.66. The number of amides is 2. The van der Waals surface area contributed by atoms with Gasteiger partial charge in [-0.2, -0.15) is 0 Å². The van der Waals surface area contributed by atoms with Gasteiger partial charge >= 0.3 is 0 Å². The molecule has 1 aliphatic rings. The van der Waals surface area contributed by atoms with E-state index in [-0.39, 0.29) is 11.8 Å². The van der Waals surface area contributed by atoms with Gasteiger partial charge in [0.05, 0.1) is 12.2 Å². The van der Waals surface area contributed by atoms with Gasteiger partial charge in [0.15, 0.2) is 0 Å². The normalized spacial score (nSPS) is 14.8. The lowest BCUT2D eigenvalue weighted by atomic mass is 10.0. The number of carbonyl (C=O) groups excluding carboxylic acids is 2. The van der Waals surface area contributed by atoms with E-state index in [9.17, 15) is 9.59 Å². The number of benzene rings is 1. The highest BCUT2D eigenvalue weighted by molar-refractivity contribution is 9.10. The molecule has 1 aromatic carbocycles. The average molecular weight is 388 g/mol. The number of aryl methyl sites for hydroxylation is 1. The number of pyridine rings is 1. The Labute approximate surface area is 149 Å². The van der Waals surface area contributed by atoms with Gasteiger partial charge in [-0.1, -0.05) is 28.1 Å². The van der Waals surface area contributed by atoms with E-state index in [2.05, 4.69) is 31.5 Å². The van der Waals surface area contributed by atoms with Crippen LogP contribution >= 0.6 is 15.9 Å². The Morgan fingerprint density at radius 3 is 2.62 bits per heavy atom. The van der Waals surface area contributed by atoms with Crippen molar-refractivity contribution in [2.75, 3.05) is 5.32 Å². The highest BCUT2D eigenvalue weighted by Gasteiger charge is 2.56. The maximum Gasteiger partial charge on any atom is 0.240 e. The molecule has 3 rings (SSSR count). The highest BCUT2D eigenvalue weighted by Crippen LogP contribution is 2.47. The highest BCUT2D eigenvalue weighted by atomic mass is 79.9. The number of nitrogens with one attached hydrogen (secondary N) is 2. The minimum absolute atomic E-state index is 0.239. The summed E-state index contributed by atoms with van der Waals surface area (Å²) >= 11 is 3.44. The number of halogens is 1. The van der Waals surface area contributed by atoms with E-state index in [0.717, 1.165) is 15.7 Å². The van der Waals surface area contributed by atoms with Gasteiger partial charge in [-0.15, -0.1) is 0 Å². The molecule has 1 heterocycles. The molecular weight excluding hydrogens is 370 g/mol. The first-order valence-corrected chi connectivity index (χ1v) is 8.56. The third-order valence-corrected chi connectivity index (χ3v) is 5.06. The molecule has 0 aliphatic heterocycles. The van der Waals surface area contributed by atoms with E-state index >= 15 is 0 Å². The summed E-state index contributed by atoms with van der Waals surface area (Å²) in [4.78, 5) is 29.2. The van der Waals surface area contributed by atoms with Crippen molar-refractivity contribution in [1.29, 1.82) is 0 Å². The van der Waals surface area contributed by atoms with Crippen LogP contribution in [0.25, 0.3) is 0 Å². The largest absolute Gasteiger partial charge is 0.350 e. The fourth-order valence-corrected chi connectivity index (χ4v) is 2.83. The summed E-state index contributed by atoms with van der Waals surface area (Å²) in [5, 5.41) is 5.66. The lowest BCUT2D eigenvalue weighted by molar-refractivity contribution is -0.134. The summed E-state index contributed by atoms with van der Waals surface area (Å²) in [5.41, 5.74) is 1.58. The molecule has 0 bridgehead atoms. The van der Waals surface area contributed by atoms with Gasteiger partial charge in [0, 0.05) is 16.4 Å². The van der Waals surface area contributed by atoms with Crippen LogP contribution in [0, 0.1) is 12.3 Å². The van der Waals surface area contributed by atoms with Crippen molar-refractivity contribution in [3.8, 4) is 0 Å². The van der Waals surface area contributed by atoms with Crippen molar-refractivity contribution in [2.24, 2.45) is 5.41 Å². The molecule has 2 N–H and O–H groups in total. The molecule has 1 aromatic heterocycles. The van der Waals surface area contributed by atoms with Gasteiger partial charge in [-0.05, 0) is 49.6 Å². The van der Waals surface area contributed by atoms with Crippen molar-refractivity contribution in [3.63, 3.8) is 0 Å². The number of anilines is 1. The minimum Gasteiger partial charge on any atom is -0.350 e. The molecule has 124 valence electrons. The standard InChI is InChI=1S/C18H18BrN3O2/c1-12-5-6-13(10-15(12)19)22-17(24)18(7-8-18)16(23)21-11-14-4-2-3-9-20-14/h2-6,9-10H,7-8,11H2,1H3,(H,21,23)(H,22,24). The van der Waals surface area contributed by atoms with Gasteiger partial charge in [-0.3, -0.25) is 14.6 Å². The fourth-order valence-electron chi connectivity index (χ4n) is 2.45. The van der Waals surface area contributed by atoms with E-state index in [1.165, 1.54) is 0 Å². The Morgan fingerprint density at radius 1 is 1.21 bits per heavy atom. The second kappa shape index (κ2) is 6.73. The zero-order chi connectivity index (χ0) is 17.2. The quantitative estimate of drug-likeness (QED) is 0.773. The summed E-state index contributed by atoms with van der Waals surface area (Å²) in [6.45, 7) is 2.30. The first-order chi connectivity index (χ1) is 11.5. The number of carbonyl (C=O) groups is 2. The van der Waals surface area contributed by atoms with Crippen LogP contribution in [0.1, 0.15) is 24.1 Å². The van der Waals surface area contributed by atoms with Crippen LogP contribution in [-0.2, 0) is 16.1 Å². The number of nitrogens with zero attached hydrogens (tertiary/aromatic N) is 1. The zero-order valence-electron chi connectivity index (χ0n) is 13.3. The molecule has 1 fully saturated rings. The molecular formula is C18H18BrN3O2. The molecule has 24 heavy (non-hydrogen) atoms. The molecule has 5 nitrogen and oxygen atoms in total. The van der Waals surface area contributed by atoms with E-state index in [0.29, 0.717) is 25.1 Å². The smallest absolute Gasteiger partial charge is 0.240 e. The van der Waals surface area contributed by atoms with Crippen molar-refractivity contribution in [2.45, 2.75) is 26.3 Å². The first kappa shape index (κ1) is 16.6. The molecule has 0 atom stereocenters. The molecule has 6 heteroatoms. The van der Waals surface area contributed by atoms with Gasteiger partial charge in [0.2, 0.25) is 11.8 Å². The number of hydrogen-bond acceptors (Lipinski definition) is 3. The van der Waals surface area contributed by atoms with Gasteiger partial charge in [0.1, 0.15) is 5.41 Å². The van der Waals surface area contributed by atoms with Gasteiger partial charge in [-0.25, -0.2) is 0 Å². The predicted molar refractivity (Wildman–Crippen MR) is 95.3 cm³/mol. The van der Waals surface area contributed by atoms with Crippen molar-refractivity contribution in [3.05, 3.63) is 58.3 Å². The second-order valence-electron chi connectivity index (χ2n) is 6.00. The van der Waals surface area contributed by atoms with Gasteiger partial charge in [0.25, 0.3) is 0 Å². The van der Waals surface area contributed by atoms with Crippen LogP contribution in [0.2, 0.25) is 0 Å². The minimum atomic E-state index is -0.952. The summed E-state index contributed by atoms with van der Waals surface area (Å²) in [5.74, 6) is -0.492. The predicted octanol–water partition coefficient (Wildman–Crippen LogP) is 3.19. The van der Waals surface area contributed by atoms with Crippen LogP contribution in [0.3, 0.4) is 0 Å². The maximum atomic E-state index is 12.5. The van der Waals surface area contributed by atoms with E-state index in [1.54, 1.807) is 6.20 Å². The zero-order valence-corrected chi connectivity index (χ0v) is 14.9. The molecule has 1 aliphatic carbocycles. The Morgan fingerprint density at radius 2 is 2.00 bits per heavy atom. The van der Waals surface area contributed by atoms with E-state index in [4.69, 9.17) is 0 Å². The Bertz CT molecular complexity index is 773. The molecule has 1 saturated carbocycles. The Balaban J connectivity index is 1.63. The maximum absolute atomic E-state index is 12.5. The van der Waals surface area contributed by atoms with Crippen LogP contribution < -0.4 is 10.6 Å². The summed E-state index contributed by atoms with van der Waals surface area (Å²) in [6, 6.07) is 11.1. The number of aromatic nitrogens is 1. The lowest BCUT2D eigenvalue weighted by Crippen LogP contribution is -2.39. The Hall–Kier alpha value is -2.21. The van der Waals surface area contributed by atoms with E-state index < -0.39 is 5.41 Å². The molecule has 0 saturated heterocycles. The van der Waals surface area contributed by atoms with Gasteiger partial charge < -0.3 is 10.6 Å². The second-order valence-corrected chi connectivity index (χ2v) is 6.86. The van der Waals surface area contributed by atoms with Crippen LogP contribution in [0.15, 0.2) is 47.1 Å². The molecule has 0 radical (unpaired) electrons. The average Bonchev–Trinajstić information content (AvgIpc) is 3.39. The van der Waals surface area contributed by atoms with Crippen LogP contribution in [-0.4, -0.2) is 16.8 Å². The van der Waals surface area contributed by atoms with E-state index in [1.807, 2.05) is 43.3 Å². The van der Waals surface area contributed by atoms with Crippen LogP contribution in [0.5, 0.6) is 0 Å². The molecule has 0 unspecified atom stereocenters. The topological polar surface area (TPSA) is 71.1 Å². The van der Waals surface area contributed by atoms with Crippen molar-refractivity contribution >= 4 is 33.4 Å². The SMILES string of the molecule is Cc1ccc(NC(=O)C2(C(=O)NCc3ccccn3)CC2)cc1Br. The summed E-state index contributed by atoms with van der Waals surface area (Å²) in [6.07, 6.45) is 2.82. The van der Waals surface area contributed by atoms with Crippen molar-refractivity contribution < 1.29 is 9.59 Å². The summed E-state index contributed by atoms with van der Waals surface area (Å²) < 4.78 is 0.921.